The maximum atomic E-state index is 12.3. The monoisotopic (exact) mass is 306 g/mol. The highest BCUT2D eigenvalue weighted by Gasteiger charge is 2.21. The van der Waals surface area contributed by atoms with Gasteiger partial charge in [-0.3, -0.25) is 9.89 Å². The van der Waals surface area contributed by atoms with E-state index in [1.165, 1.54) is 5.56 Å². The number of fused-ring (bicyclic) bond motifs is 1. The Labute approximate surface area is 129 Å². The fraction of sp³-hybridized carbons (Fsp3) is 0.333. The summed E-state index contributed by atoms with van der Waals surface area (Å²) in [5, 5.41) is 13.3. The van der Waals surface area contributed by atoms with Crippen LogP contribution in [0.25, 0.3) is 0 Å². The van der Waals surface area contributed by atoms with Gasteiger partial charge in [-0.25, -0.2) is 0 Å². The quantitative estimate of drug-likeness (QED) is 0.797. The first-order chi connectivity index (χ1) is 9.65. The highest BCUT2D eigenvalue weighted by atomic mass is 35.5. The van der Waals surface area contributed by atoms with Gasteiger partial charge in [0.15, 0.2) is 5.69 Å². The van der Waals surface area contributed by atoms with Gasteiger partial charge in [-0.1, -0.05) is 6.07 Å². The van der Waals surface area contributed by atoms with Gasteiger partial charge in [0.2, 0.25) is 0 Å². The molecule has 2 heterocycles. The van der Waals surface area contributed by atoms with Crippen LogP contribution in [0.2, 0.25) is 0 Å². The number of H-pyrrole nitrogens is 1. The SMILES string of the molecule is Cc1ccc(NC(=O)c2n[nH]c3c2CNCC3)cc1C.Cl. The molecule has 112 valence electrons. The standard InChI is InChI=1S/C15H18N4O.ClH/c1-9-3-4-11(7-10(9)2)17-15(20)14-12-8-16-6-5-13(12)18-19-14;/h3-4,7,16H,5-6,8H2,1-2H3,(H,17,20)(H,18,19);1H. The number of rotatable bonds is 2. The van der Waals surface area contributed by atoms with Crippen molar-refractivity contribution in [1.29, 1.82) is 0 Å². The summed E-state index contributed by atoms with van der Waals surface area (Å²) in [7, 11) is 0. The molecule has 0 fully saturated rings. The van der Waals surface area contributed by atoms with Crippen molar-refractivity contribution in [3.05, 3.63) is 46.3 Å². The van der Waals surface area contributed by atoms with E-state index in [-0.39, 0.29) is 18.3 Å². The number of halogens is 1. The molecule has 21 heavy (non-hydrogen) atoms. The fourth-order valence-corrected chi connectivity index (χ4v) is 2.42. The number of nitrogens with zero attached hydrogens (tertiary/aromatic N) is 1. The Kier molecular flexibility index (Phi) is 4.65. The Hall–Kier alpha value is -1.85. The van der Waals surface area contributed by atoms with E-state index in [9.17, 15) is 4.79 Å². The molecule has 0 bridgehead atoms. The van der Waals surface area contributed by atoms with Gasteiger partial charge in [0.25, 0.3) is 5.91 Å². The van der Waals surface area contributed by atoms with Gasteiger partial charge in [0, 0.05) is 36.5 Å². The lowest BCUT2D eigenvalue weighted by atomic mass is 10.1. The van der Waals surface area contributed by atoms with Crippen molar-refractivity contribution in [1.82, 2.24) is 15.5 Å². The number of amides is 1. The van der Waals surface area contributed by atoms with Crippen LogP contribution in [0.5, 0.6) is 0 Å². The molecule has 1 aromatic carbocycles. The smallest absolute Gasteiger partial charge is 0.276 e. The second-order valence-corrected chi connectivity index (χ2v) is 5.21. The molecule has 0 spiro atoms. The summed E-state index contributed by atoms with van der Waals surface area (Å²) in [6.45, 7) is 5.71. The van der Waals surface area contributed by atoms with E-state index in [4.69, 9.17) is 0 Å². The maximum Gasteiger partial charge on any atom is 0.276 e. The van der Waals surface area contributed by atoms with E-state index in [2.05, 4.69) is 27.8 Å². The lowest BCUT2D eigenvalue weighted by Gasteiger charge is -2.13. The summed E-state index contributed by atoms with van der Waals surface area (Å²) < 4.78 is 0. The lowest BCUT2D eigenvalue weighted by molar-refractivity contribution is 0.102. The Morgan fingerprint density at radius 3 is 2.86 bits per heavy atom. The average Bonchev–Trinajstić information content (AvgIpc) is 2.87. The Morgan fingerprint density at radius 1 is 1.29 bits per heavy atom. The zero-order valence-electron chi connectivity index (χ0n) is 12.1. The van der Waals surface area contributed by atoms with Crippen molar-refractivity contribution in [3.63, 3.8) is 0 Å². The van der Waals surface area contributed by atoms with Gasteiger partial charge in [-0.15, -0.1) is 12.4 Å². The van der Waals surface area contributed by atoms with Gasteiger partial charge < -0.3 is 10.6 Å². The molecule has 5 nitrogen and oxygen atoms in total. The third kappa shape index (κ3) is 3.09. The molecule has 0 atom stereocenters. The number of aryl methyl sites for hydroxylation is 2. The van der Waals surface area contributed by atoms with E-state index in [0.717, 1.165) is 35.5 Å². The molecule has 0 unspecified atom stereocenters. The molecule has 1 aliphatic heterocycles. The second kappa shape index (κ2) is 6.28. The number of benzene rings is 1. The number of nitrogens with one attached hydrogen (secondary N) is 3. The van der Waals surface area contributed by atoms with E-state index in [1.54, 1.807) is 0 Å². The van der Waals surface area contributed by atoms with E-state index in [0.29, 0.717) is 12.2 Å². The fourth-order valence-electron chi connectivity index (χ4n) is 2.42. The minimum Gasteiger partial charge on any atom is -0.321 e. The first kappa shape index (κ1) is 15.5. The minimum atomic E-state index is -0.158. The Morgan fingerprint density at radius 2 is 2.10 bits per heavy atom. The number of aromatic amines is 1. The molecule has 0 aliphatic carbocycles. The number of carbonyl (C=O) groups is 1. The van der Waals surface area contributed by atoms with Crippen molar-refractivity contribution < 1.29 is 4.79 Å². The average molecular weight is 307 g/mol. The van der Waals surface area contributed by atoms with Crippen molar-refractivity contribution >= 4 is 24.0 Å². The van der Waals surface area contributed by atoms with Crippen LogP contribution in [-0.2, 0) is 13.0 Å². The van der Waals surface area contributed by atoms with Crippen molar-refractivity contribution in [2.24, 2.45) is 0 Å². The number of hydrogen-bond donors (Lipinski definition) is 3. The van der Waals surface area contributed by atoms with Crippen LogP contribution in [0.1, 0.15) is 32.9 Å². The third-order valence-electron chi connectivity index (χ3n) is 3.79. The number of carbonyl (C=O) groups excluding carboxylic acids is 1. The van der Waals surface area contributed by atoms with Crippen LogP contribution in [-0.4, -0.2) is 22.6 Å². The van der Waals surface area contributed by atoms with Crippen LogP contribution in [0, 0.1) is 13.8 Å². The van der Waals surface area contributed by atoms with Crippen LogP contribution >= 0.6 is 12.4 Å². The van der Waals surface area contributed by atoms with Crippen LogP contribution in [0.3, 0.4) is 0 Å². The molecular formula is C15H19ClN4O. The first-order valence-electron chi connectivity index (χ1n) is 6.80. The van der Waals surface area contributed by atoms with Gasteiger partial charge in [0.1, 0.15) is 0 Å². The summed E-state index contributed by atoms with van der Waals surface area (Å²) in [5.74, 6) is -0.158. The summed E-state index contributed by atoms with van der Waals surface area (Å²) in [5.41, 5.74) is 5.72. The Balaban J connectivity index is 0.00000161. The summed E-state index contributed by atoms with van der Waals surface area (Å²) in [4.78, 5) is 12.3. The molecule has 3 N–H and O–H groups in total. The normalized spacial score (nSPS) is 13.2. The molecular weight excluding hydrogens is 288 g/mol. The third-order valence-corrected chi connectivity index (χ3v) is 3.79. The zero-order chi connectivity index (χ0) is 14.1. The predicted octanol–water partition coefficient (Wildman–Crippen LogP) is 2.35. The first-order valence-corrected chi connectivity index (χ1v) is 6.80. The van der Waals surface area contributed by atoms with E-state index >= 15 is 0 Å². The van der Waals surface area contributed by atoms with Crippen molar-refractivity contribution in [3.8, 4) is 0 Å². The molecule has 2 aromatic rings. The predicted molar refractivity (Wildman–Crippen MR) is 85.1 cm³/mol. The topological polar surface area (TPSA) is 69.8 Å². The van der Waals surface area contributed by atoms with Crippen LogP contribution < -0.4 is 10.6 Å². The molecule has 6 heteroatoms. The molecule has 0 saturated carbocycles. The van der Waals surface area contributed by atoms with Gasteiger partial charge >= 0.3 is 0 Å². The lowest BCUT2D eigenvalue weighted by Crippen LogP contribution is -2.25. The number of hydrogen-bond acceptors (Lipinski definition) is 3. The molecule has 0 radical (unpaired) electrons. The molecule has 1 aromatic heterocycles. The largest absolute Gasteiger partial charge is 0.321 e. The number of anilines is 1. The number of aromatic nitrogens is 2. The highest BCUT2D eigenvalue weighted by Crippen LogP contribution is 2.18. The van der Waals surface area contributed by atoms with E-state index in [1.807, 2.05) is 25.1 Å². The van der Waals surface area contributed by atoms with Gasteiger partial charge in [-0.05, 0) is 37.1 Å². The molecule has 1 aliphatic rings. The summed E-state index contributed by atoms with van der Waals surface area (Å²) in [6, 6.07) is 5.90. The van der Waals surface area contributed by atoms with Crippen LogP contribution in [0.15, 0.2) is 18.2 Å². The van der Waals surface area contributed by atoms with E-state index < -0.39 is 0 Å². The van der Waals surface area contributed by atoms with Gasteiger partial charge in [-0.2, -0.15) is 5.10 Å². The molecule has 1 amide bonds. The molecule has 0 saturated heterocycles. The van der Waals surface area contributed by atoms with Crippen molar-refractivity contribution in [2.75, 3.05) is 11.9 Å². The maximum absolute atomic E-state index is 12.3. The van der Waals surface area contributed by atoms with Gasteiger partial charge in [0.05, 0.1) is 0 Å². The van der Waals surface area contributed by atoms with Crippen LogP contribution in [0.4, 0.5) is 5.69 Å². The zero-order valence-corrected chi connectivity index (χ0v) is 12.9. The second-order valence-electron chi connectivity index (χ2n) is 5.21. The molecule has 3 rings (SSSR count). The Bertz CT molecular complexity index is 666. The van der Waals surface area contributed by atoms with Crippen molar-refractivity contribution in [2.45, 2.75) is 26.8 Å². The highest BCUT2D eigenvalue weighted by molar-refractivity contribution is 6.04. The minimum absolute atomic E-state index is 0. The summed E-state index contributed by atoms with van der Waals surface area (Å²) in [6.07, 6.45) is 0.888. The summed E-state index contributed by atoms with van der Waals surface area (Å²) >= 11 is 0.